The number of rotatable bonds is 2. The second-order valence-electron chi connectivity index (χ2n) is 9.90. The van der Waals surface area contributed by atoms with E-state index in [2.05, 4.69) is 110 Å². The highest BCUT2D eigenvalue weighted by Gasteiger charge is 2.42. The number of nitrogens with zero attached hydrogens (tertiary/aromatic N) is 3. The second kappa shape index (κ2) is 7.65. The lowest BCUT2D eigenvalue weighted by molar-refractivity contribution is -0.400. The molecule has 0 aliphatic carbocycles. The molecule has 2 aromatic heterocycles. The standard InChI is InChI=1S/C30H28N3OS/c1-30(2)22-11-7-9-13-25(22)32(4)27(30)18-28-33(5)29(34)26(35-28)17-19-14-15-24-21(16-19)20-10-6-8-12-23(20)31(24)3/h6-18H,1-5H3/q+1/b26-17+. The largest absolute Gasteiger partial charge is 0.344 e. The van der Waals surface area contributed by atoms with E-state index < -0.39 is 0 Å². The van der Waals surface area contributed by atoms with Gasteiger partial charge in [-0.3, -0.25) is 4.79 Å². The average molecular weight is 479 g/mol. The molecule has 0 N–H and O–H groups in total. The van der Waals surface area contributed by atoms with E-state index in [0.717, 1.165) is 14.8 Å². The van der Waals surface area contributed by atoms with Crippen LogP contribution in [0.5, 0.6) is 0 Å². The third kappa shape index (κ3) is 3.18. The lowest BCUT2D eigenvalue weighted by Gasteiger charge is -2.14. The van der Waals surface area contributed by atoms with E-state index in [0.29, 0.717) is 0 Å². The molecule has 0 radical (unpaired) electrons. The molecule has 0 fully saturated rings. The van der Waals surface area contributed by atoms with Crippen LogP contribution in [0, 0.1) is 0 Å². The van der Waals surface area contributed by atoms with E-state index in [9.17, 15) is 4.79 Å². The third-order valence-corrected chi connectivity index (χ3v) is 8.61. The molecule has 35 heavy (non-hydrogen) atoms. The number of hydrogen-bond acceptors (Lipinski definition) is 2. The van der Waals surface area contributed by atoms with Crippen LogP contribution in [0.4, 0.5) is 5.69 Å². The highest BCUT2D eigenvalue weighted by atomic mass is 32.1. The minimum absolute atomic E-state index is 0.0378. The predicted molar refractivity (Wildman–Crippen MR) is 148 cm³/mol. The lowest BCUT2D eigenvalue weighted by Crippen LogP contribution is -2.32. The van der Waals surface area contributed by atoms with E-state index >= 15 is 0 Å². The molecule has 3 heterocycles. The van der Waals surface area contributed by atoms with Gasteiger partial charge in [0, 0.05) is 53.6 Å². The van der Waals surface area contributed by atoms with Gasteiger partial charge in [-0.1, -0.05) is 42.5 Å². The third-order valence-electron chi connectivity index (χ3n) is 7.50. The Hall–Kier alpha value is -3.70. The smallest absolute Gasteiger partial charge is 0.268 e. The molecule has 174 valence electrons. The Morgan fingerprint density at radius 2 is 1.57 bits per heavy atom. The average Bonchev–Trinajstić information content (AvgIpc) is 3.37. The molecule has 0 bridgehead atoms. The van der Waals surface area contributed by atoms with Crippen molar-refractivity contribution in [3.63, 3.8) is 0 Å². The first kappa shape index (κ1) is 21.8. The van der Waals surface area contributed by atoms with Crippen LogP contribution in [0.25, 0.3) is 34.0 Å². The number of aromatic nitrogens is 2. The number of para-hydroxylation sites is 2. The summed E-state index contributed by atoms with van der Waals surface area (Å²) in [5.41, 5.74) is 7.08. The van der Waals surface area contributed by atoms with Crippen molar-refractivity contribution in [2.45, 2.75) is 19.3 Å². The first-order chi connectivity index (χ1) is 16.8. The van der Waals surface area contributed by atoms with E-state index in [1.54, 1.807) is 15.9 Å². The summed E-state index contributed by atoms with van der Waals surface area (Å²) < 4.78 is 7.94. The first-order valence-electron chi connectivity index (χ1n) is 11.8. The van der Waals surface area contributed by atoms with Crippen molar-refractivity contribution in [3.05, 3.63) is 97.4 Å². The van der Waals surface area contributed by atoms with E-state index in [4.69, 9.17) is 0 Å². The van der Waals surface area contributed by atoms with Gasteiger partial charge in [0.2, 0.25) is 5.69 Å². The summed E-state index contributed by atoms with van der Waals surface area (Å²) in [5, 5.41) is 2.44. The van der Waals surface area contributed by atoms with Crippen molar-refractivity contribution >= 4 is 56.7 Å². The van der Waals surface area contributed by atoms with Gasteiger partial charge in [0.05, 0.1) is 9.95 Å². The van der Waals surface area contributed by atoms with Gasteiger partial charge < -0.3 is 9.13 Å². The van der Waals surface area contributed by atoms with Crippen LogP contribution in [0.2, 0.25) is 0 Å². The number of fused-ring (bicyclic) bond motifs is 4. The maximum atomic E-state index is 13.2. The normalized spacial score (nSPS) is 16.1. The SMILES string of the molecule is Cn1c(=O)/c(=C\c2ccc3c(c2)c2ccccc2n3C)s/c1=C\C1=[N+](C)c2ccccc2C1(C)C. The van der Waals surface area contributed by atoms with Gasteiger partial charge in [-0.15, -0.1) is 11.3 Å². The Labute approximate surface area is 208 Å². The van der Waals surface area contributed by atoms with Crippen LogP contribution < -0.4 is 14.8 Å². The van der Waals surface area contributed by atoms with Gasteiger partial charge in [0.1, 0.15) is 11.7 Å². The molecule has 0 atom stereocenters. The highest BCUT2D eigenvalue weighted by Crippen LogP contribution is 2.39. The molecule has 3 aromatic carbocycles. The highest BCUT2D eigenvalue weighted by molar-refractivity contribution is 7.07. The fourth-order valence-corrected chi connectivity index (χ4v) is 6.55. The second-order valence-corrected chi connectivity index (χ2v) is 11.0. The quantitative estimate of drug-likeness (QED) is 0.346. The molecule has 1 aliphatic heterocycles. The molecule has 1 aliphatic rings. The molecule has 5 heteroatoms. The Bertz CT molecular complexity index is 1880. The first-order valence-corrected chi connectivity index (χ1v) is 12.7. The topological polar surface area (TPSA) is 29.9 Å². The Kier molecular flexibility index (Phi) is 4.77. The van der Waals surface area contributed by atoms with Gasteiger partial charge in [-0.2, -0.15) is 4.58 Å². The fourth-order valence-electron chi connectivity index (χ4n) is 5.51. The number of thiazole rings is 1. The van der Waals surface area contributed by atoms with Crippen LogP contribution in [-0.2, 0) is 19.5 Å². The summed E-state index contributed by atoms with van der Waals surface area (Å²) in [7, 11) is 6.08. The van der Waals surface area contributed by atoms with Gasteiger partial charge >= 0.3 is 0 Å². The van der Waals surface area contributed by atoms with Crippen LogP contribution in [0.1, 0.15) is 25.0 Å². The summed E-state index contributed by atoms with van der Waals surface area (Å²) in [6.45, 7) is 4.50. The molecule has 0 saturated heterocycles. The van der Waals surface area contributed by atoms with E-state index in [1.165, 1.54) is 38.8 Å². The molecule has 0 spiro atoms. The van der Waals surface area contributed by atoms with Crippen molar-refractivity contribution in [2.75, 3.05) is 7.05 Å². The zero-order chi connectivity index (χ0) is 24.5. The van der Waals surface area contributed by atoms with Gasteiger partial charge in [-0.05, 0) is 43.7 Å². The van der Waals surface area contributed by atoms with E-state index in [1.807, 2.05) is 13.1 Å². The summed E-state index contributed by atoms with van der Waals surface area (Å²) >= 11 is 1.55. The Balaban J connectivity index is 1.51. The van der Waals surface area contributed by atoms with Gasteiger partial charge in [-0.25, -0.2) is 0 Å². The molecule has 0 amide bonds. The molecular weight excluding hydrogens is 450 g/mol. The minimum atomic E-state index is -0.130. The molecule has 0 unspecified atom stereocenters. The Morgan fingerprint density at radius 3 is 2.37 bits per heavy atom. The van der Waals surface area contributed by atoms with Crippen molar-refractivity contribution in [2.24, 2.45) is 14.1 Å². The van der Waals surface area contributed by atoms with Crippen molar-refractivity contribution in [1.82, 2.24) is 9.13 Å². The van der Waals surface area contributed by atoms with Crippen LogP contribution in [0.3, 0.4) is 0 Å². The Morgan fingerprint density at radius 1 is 0.857 bits per heavy atom. The summed E-state index contributed by atoms with van der Waals surface area (Å²) in [5.74, 6) is 0. The monoisotopic (exact) mass is 478 g/mol. The predicted octanol–water partition coefficient (Wildman–Crippen LogP) is 4.41. The number of benzene rings is 3. The summed E-state index contributed by atoms with van der Waals surface area (Å²) in [4.78, 5) is 13.2. The maximum absolute atomic E-state index is 13.2. The van der Waals surface area contributed by atoms with Gasteiger partial charge in [0.25, 0.3) is 5.56 Å². The van der Waals surface area contributed by atoms with E-state index in [-0.39, 0.29) is 11.0 Å². The van der Waals surface area contributed by atoms with Crippen molar-refractivity contribution in [1.29, 1.82) is 0 Å². The molecular formula is C30H28N3OS+. The van der Waals surface area contributed by atoms with Crippen molar-refractivity contribution < 1.29 is 4.58 Å². The summed E-state index contributed by atoms with van der Waals surface area (Å²) in [6, 6.07) is 23.4. The van der Waals surface area contributed by atoms with Crippen molar-refractivity contribution in [3.8, 4) is 0 Å². The number of aryl methyl sites for hydroxylation is 1. The van der Waals surface area contributed by atoms with Crippen LogP contribution in [0.15, 0.2) is 71.5 Å². The van der Waals surface area contributed by atoms with Crippen LogP contribution in [-0.4, -0.2) is 26.5 Å². The molecule has 5 aromatic rings. The molecule has 4 nitrogen and oxygen atoms in total. The zero-order valence-corrected chi connectivity index (χ0v) is 21.5. The minimum Gasteiger partial charge on any atom is -0.344 e. The molecule has 6 rings (SSSR count). The van der Waals surface area contributed by atoms with Crippen LogP contribution >= 0.6 is 11.3 Å². The summed E-state index contributed by atoms with van der Waals surface area (Å²) in [6.07, 6.45) is 4.20. The van der Waals surface area contributed by atoms with Gasteiger partial charge in [0.15, 0.2) is 5.71 Å². The zero-order valence-electron chi connectivity index (χ0n) is 20.7. The maximum Gasteiger partial charge on any atom is 0.268 e. The lowest BCUT2D eigenvalue weighted by atomic mass is 9.81. The number of hydrogen-bond donors (Lipinski definition) is 0. The fraction of sp³-hybridized carbons (Fsp3) is 0.200. The molecule has 0 saturated carbocycles.